The summed E-state index contributed by atoms with van der Waals surface area (Å²) in [5.74, 6) is -1.70. The number of hydrogen-bond acceptors (Lipinski definition) is 14. The summed E-state index contributed by atoms with van der Waals surface area (Å²) in [6.45, 7) is 6.04. The topological polar surface area (TPSA) is 200 Å². The molecule has 0 aromatic heterocycles. The number of rotatable bonds is 4. The molecule has 0 N–H and O–H groups in total. The first kappa shape index (κ1) is 36.0. The second-order valence-electron chi connectivity index (χ2n) is 10.4. The lowest BCUT2D eigenvalue weighted by Gasteiger charge is -2.26. The number of aliphatic imine (C=N–C) groups is 1. The molecule has 1 fully saturated rings. The number of carbonyl (C=O) groups excluding carboxylic acids is 2. The second-order valence-corrected chi connectivity index (χ2v) is 10.4. The maximum Gasteiger partial charge on any atom is 0.308 e. The van der Waals surface area contributed by atoms with E-state index in [0.717, 1.165) is 0 Å². The van der Waals surface area contributed by atoms with Gasteiger partial charge in [-0.1, -0.05) is 24.3 Å². The molecule has 0 unspecified atom stereocenters. The highest BCUT2D eigenvalue weighted by Gasteiger charge is 2.34. The van der Waals surface area contributed by atoms with Crippen LogP contribution in [0, 0.1) is 45.3 Å². The summed E-state index contributed by atoms with van der Waals surface area (Å²) >= 11 is 0. The van der Waals surface area contributed by atoms with E-state index in [-0.39, 0.29) is 45.2 Å². The number of nitriles is 4. The van der Waals surface area contributed by atoms with Gasteiger partial charge in [0.15, 0.2) is 11.5 Å². The molecule has 0 radical (unpaired) electrons. The molecule has 1 aliphatic heterocycles. The average Bonchev–Trinajstić information content (AvgIpc) is 3.38. The van der Waals surface area contributed by atoms with Gasteiger partial charge in [0.2, 0.25) is 0 Å². The average molecular weight is 665 g/mol. The fraction of sp³-hybridized carbons (Fsp3) is 0.343. The van der Waals surface area contributed by atoms with Crippen molar-refractivity contribution < 1.29 is 38.0 Å². The highest BCUT2D eigenvalue weighted by Crippen LogP contribution is 2.47. The van der Waals surface area contributed by atoms with E-state index < -0.39 is 11.9 Å². The number of carbonyl (C=O) groups is 2. The number of fused-ring (bicyclic) bond motifs is 1. The largest absolute Gasteiger partial charge is 0.424 e. The highest BCUT2D eigenvalue weighted by molar-refractivity contribution is 6.52. The molecule has 0 atom stereocenters. The minimum absolute atomic E-state index is 0.0538. The molecule has 2 aromatic carbocycles. The molecule has 2 aliphatic rings. The zero-order chi connectivity index (χ0) is 35.2. The fourth-order valence-electron chi connectivity index (χ4n) is 5.11. The van der Waals surface area contributed by atoms with Crippen LogP contribution in [-0.2, 0) is 28.5 Å². The zero-order valence-electron chi connectivity index (χ0n) is 27.0. The smallest absolute Gasteiger partial charge is 0.308 e. The van der Waals surface area contributed by atoms with Crippen LogP contribution < -0.4 is 14.4 Å². The lowest BCUT2D eigenvalue weighted by molar-refractivity contribution is -0.132. The minimum Gasteiger partial charge on any atom is -0.424 e. The molecular formula is C35H32N6O8. The van der Waals surface area contributed by atoms with Crippen LogP contribution in [0.2, 0.25) is 0 Å². The molecule has 2 aromatic rings. The van der Waals surface area contributed by atoms with E-state index in [2.05, 4.69) is 0 Å². The summed E-state index contributed by atoms with van der Waals surface area (Å²) in [4.78, 5) is 31.5. The minimum atomic E-state index is -0.721. The van der Waals surface area contributed by atoms with E-state index >= 15 is 0 Å². The van der Waals surface area contributed by atoms with Gasteiger partial charge in [0.1, 0.15) is 41.1 Å². The van der Waals surface area contributed by atoms with Gasteiger partial charge in [-0.05, 0) is 11.1 Å². The quantitative estimate of drug-likeness (QED) is 0.260. The first-order valence-corrected chi connectivity index (χ1v) is 15.2. The van der Waals surface area contributed by atoms with Crippen LogP contribution in [0.25, 0.3) is 11.1 Å². The van der Waals surface area contributed by atoms with Crippen molar-refractivity contribution in [3.8, 4) is 35.8 Å². The van der Waals surface area contributed by atoms with Crippen molar-refractivity contribution in [2.45, 2.75) is 13.8 Å². The first-order chi connectivity index (χ1) is 23.8. The molecule has 14 nitrogen and oxygen atoms in total. The SMILES string of the molecule is CC(=O)Oc1cc(N2CCOCCOCCOCCOCC2)cc(OC(C)=O)c1N=C1C(=C(C#N)C#N)c2ccccc2C1=C(C#N)C#N. The van der Waals surface area contributed by atoms with E-state index in [0.29, 0.717) is 82.8 Å². The van der Waals surface area contributed by atoms with Gasteiger partial charge in [-0.2, -0.15) is 21.0 Å². The Balaban J connectivity index is 1.94. The lowest BCUT2D eigenvalue weighted by atomic mass is 10.0. The Morgan fingerprint density at radius 3 is 1.43 bits per heavy atom. The summed E-state index contributed by atoms with van der Waals surface area (Å²) in [5.41, 5.74) is 0.415. The molecular weight excluding hydrogens is 632 g/mol. The van der Waals surface area contributed by atoms with Crippen LogP contribution >= 0.6 is 0 Å². The standard InChI is InChI=1S/C35H32N6O8/c1-23(42)48-30-17-27(41-7-9-44-11-13-46-15-16-47-14-12-45-10-8-41)18-31(49-24(2)43)34(30)40-35-32(25(19-36)20-37)28-5-3-4-6-29(28)33(35)26(21-38)22-39/h3-6,17-18H,7-16H2,1-2H3. The summed E-state index contributed by atoms with van der Waals surface area (Å²) in [7, 11) is 0. The van der Waals surface area contributed by atoms with Crippen molar-refractivity contribution in [2.24, 2.45) is 4.99 Å². The molecule has 1 heterocycles. The van der Waals surface area contributed by atoms with Crippen molar-refractivity contribution in [3.05, 3.63) is 58.7 Å². The maximum absolute atomic E-state index is 12.4. The number of ether oxygens (including phenoxy) is 6. The lowest BCUT2D eigenvalue weighted by Crippen LogP contribution is -2.31. The van der Waals surface area contributed by atoms with Gasteiger partial charge in [0, 0.05) is 55.9 Å². The molecule has 250 valence electrons. The first-order valence-electron chi connectivity index (χ1n) is 15.2. The van der Waals surface area contributed by atoms with Crippen LogP contribution in [-0.4, -0.2) is 83.6 Å². The van der Waals surface area contributed by atoms with Gasteiger partial charge in [0.05, 0.1) is 58.6 Å². The van der Waals surface area contributed by atoms with Crippen molar-refractivity contribution in [3.63, 3.8) is 0 Å². The van der Waals surface area contributed by atoms with Crippen LogP contribution in [0.4, 0.5) is 11.4 Å². The van der Waals surface area contributed by atoms with Crippen LogP contribution in [0.5, 0.6) is 11.5 Å². The van der Waals surface area contributed by atoms with Crippen LogP contribution in [0.3, 0.4) is 0 Å². The van der Waals surface area contributed by atoms with E-state index in [1.165, 1.54) is 26.0 Å². The Morgan fingerprint density at radius 2 is 1.06 bits per heavy atom. The van der Waals surface area contributed by atoms with Gasteiger partial charge < -0.3 is 33.3 Å². The molecule has 4 rings (SSSR count). The Labute approximate surface area is 283 Å². The number of esters is 2. The van der Waals surface area contributed by atoms with Gasteiger partial charge in [0.25, 0.3) is 0 Å². The van der Waals surface area contributed by atoms with Crippen LogP contribution in [0.15, 0.2) is 52.5 Å². The monoisotopic (exact) mass is 664 g/mol. The number of benzene rings is 2. The summed E-state index contributed by atoms with van der Waals surface area (Å²) in [6, 6.07) is 17.1. The highest BCUT2D eigenvalue weighted by atomic mass is 16.6. The van der Waals surface area contributed by atoms with E-state index in [1.54, 1.807) is 24.3 Å². The summed E-state index contributed by atoms with van der Waals surface area (Å²) in [5, 5.41) is 39.6. The summed E-state index contributed by atoms with van der Waals surface area (Å²) < 4.78 is 33.7. The molecule has 0 amide bonds. The third-order valence-electron chi connectivity index (χ3n) is 7.13. The Bertz CT molecular complexity index is 1700. The van der Waals surface area contributed by atoms with Crippen molar-refractivity contribution >= 4 is 40.2 Å². The molecule has 0 saturated carbocycles. The number of allylic oxidation sites excluding steroid dienone is 4. The number of nitrogens with zero attached hydrogens (tertiary/aromatic N) is 6. The number of hydrogen-bond donors (Lipinski definition) is 0. The van der Waals surface area contributed by atoms with Gasteiger partial charge in [-0.3, -0.25) is 9.59 Å². The van der Waals surface area contributed by atoms with Gasteiger partial charge >= 0.3 is 11.9 Å². The van der Waals surface area contributed by atoms with E-state index in [1.807, 2.05) is 29.2 Å². The van der Waals surface area contributed by atoms with Gasteiger partial charge in [-0.25, -0.2) is 4.99 Å². The molecule has 1 saturated heterocycles. The van der Waals surface area contributed by atoms with Gasteiger partial charge in [-0.15, -0.1) is 0 Å². The summed E-state index contributed by atoms with van der Waals surface area (Å²) in [6.07, 6.45) is 0. The third-order valence-corrected chi connectivity index (χ3v) is 7.13. The molecule has 14 heteroatoms. The van der Waals surface area contributed by atoms with Crippen LogP contribution in [0.1, 0.15) is 25.0 Å². The normalized spacial score (nSPS) is 15.6. The predicted molar refractivity (Wildman–Crippen MR) is 174 cm³/mol. The second kappa shape index (κ2) is 17.9. The molecule has 1 aliphatic carbocycles. The molecule has 49 heavy (non-hydrogen) atoms. The predicted octanol–water partition coefficient (Wildman–Crippen LogP) is 3.81. The molecule has 0 spiro atoms. The van der Waals surface area contributed by atoms with Crippen molar-refractivity contribution in [1.29, 1.82) is 21.0 Å². The third kappa shape index (κ3) is 9.15. The maximum atomic E-state index is 12.4. The Hall–Kier alpha value is -5.87. The Morgan fingerprint density at radius 1 is 0.673 bits per heavy atom. The zero-order valence-corrected chi connectivity index (χ0v) is 27.0. The van der Waals surface area contributed by atoms with E-state index in [9.17, 15) is 30.6 Å². The van der Waals surface area contributed by atoms with Crippen molar-refractivity contribution in [2.75, 3.05) is 70.8 Å². The van der Waals surface area contributed by atoms with Crippen molar-refractivity contribution in [1.82, 2.24) is 0 Å². The number of anilines is 1. The molecule has 0 bridgehead atoms. The Kier molecular flexibility index (Phi) is 13.1. The fourth-order valence-corrected chi connectivity index (χ4v) is 5.11. The van der Waals surface area contributed by atoms with E-state index in [4.69, 9.17) is 33.4 Å².